The first-order chi connectivity index (χ1) is 12.3. The summed E-state index contributed by atoms with van der Waals surface area (Å²) in [5.74, 6) is -0.0613. The second-order valence-electron chi connectivity index (χ2n) is 6.75. The lowest BCUT2D eigenvalue weighted by Gasteiger charge is -2.31. The number of halogens is 1. The predicted octanol–water partition coefficient (Wildman–Crippen LogP) is 2.75. The van der Waals surface area contributed by atoms with E-state index in [4.69, 9.17) is 4.74 Å². The Kier molecular flexibility index (Phi) is 5.34. The van der Waals surface area contributed by atoms with Crippen molar-refractivity contribution in [3.8, 4) is 5.75 Å². The Labute approximate surface area is 153 Å². The second-order valence-corrected chi connectivity index (χ2v) is 8.66. The second kappa shape index (κ2) is 7.36. The maximum absolute atomic E-state index is 13.6. The number of methoxy groups -OCH3 is 1. The molecule has 1 aliphatic rings. The molecule has 2 aromatic rings. The topological polar surface area (TPSA) is 64.4 Å². The Morgan fingerprint density at radius 2 is 1.92 bits per heavy atom. The van der Waals surface area contributed by atoms with E-state index in [1.807, 2.05) is 24.6 Å². The van der Waals surface area contributed by atoms with Gasteiger partial charge in [0.15, 0.2) is 0 Å². The molecule has 1 saturated heterocycles. The summed E-state index contributed by atoms with van der Waals surface area (Å²) < 4.78 is 47.9. The van der Waals surface area contributed by atoms with Crippen LogP contribution in [-0.4, -0.2) is 42.7 Å². The zero-order valence-corrected chi connectivity index (χ0v) is 16.1. The molecule has 26 heavy (non-hydrogen) atoms. The van der Waals surface area contributed by atoms with Crippen LogP contribution in [0.5, 0.6) is 5.75 Å². The van der Waals surface area contributed by atoms with E-state index in [1.54, 1.807) is 0 Å². The number of sulfonamides is 1. The average molecular weight is 381 g/mol. The highest BCUT2D eigenvalue weighted by molar-refractivity contribution is 7.89. The monoisotopic (exact) mass is 381 g/mol. The fourth-order valence-corrected chi connectivity index (χ4v) is 5.06. The molecule has 142 valence electrons. The van der Waals surface area contributed by atoms with Gasteiger partial charge in [-0.2, -0.15) is 9.40 Å². The lowest BCUT2D eigenvalue weighted by atomic mass is 9.98. The van der Waals surface area contributed by atoms with E-state index in [9.17, 15) is 12.8 Å². The third-order valence-electron chi connectivity index (χ3n) is 4.85. The Hall–Kier alpha value is -1.93. The minimum Gasteiger partial charge on any atom is -0.495 e. The molecule has 0 atom stereocenters. The highest BCUT2D eigenvalue weighted by Gasteiger charge is 2.32. The van der Waals surface area contributed by atoms with Crippen molar-refractivity contribution in [3.63, 3.8) is 0 Å². The predicted molar refractivity (Wildman–Crippen MR) is 96.1 cm³/mol. The molecule has 0 bridgehead atoms. The van der Waals surface area contributed by atoms with Gasteiger partial charge in [-0.1, -0.05) is 0 Å². The molecule has 8 heteroatoms. The fourth-order valence-electron chi connectivity index (χ4n) is 3.43. The normalized spacial score (nSPS) is 16.8. The highest BCUT2D eigenvalue weighted by atomic mass is 32.2. The minimum absolute atomic E-state index is 0.114. The maximum Gasteiger partial charge on any atom is 0.246 e. The molecule has 0 amide bonds. The van der Waals surface area contributed by atoms with Gasteiger partial charge in [-0.25, -0.2) is 12.8 Å². The quantitative estimate of drug-likeness (QED) is 0.799. The van der Waals surface area contributed by atoms with Crippen LogP contribution in [0.25, 0.3) is 0 Å². The number of hydrogen-bond donors (Lipinski definition) is 0. The number of benzene rings is 1. The lowest BCUT2D eigenvalue weighted by molar-refractivity contribution is 0.245. The van der Waals surface area contributed by atoms with Gasteiger partial charge in [0.1, 0.15) is 16.5 Å². The van der Waals surface area contributed by atoms with Gasteiger partial charge < -0.3 is 4.74 Å². The number of rotatable bonds is 5. The number of nitrogens with zero attached hydrogens (tertiary/aromatic N) is 3. The molecular weight excluding hydrogens is 357 g/mol. The number of hydrogen-bond acceptors (Lipinski definition) is 4. The fraction of sp³-hybridized carbons (Fsp3) is 0.500. The van der Waals surface area contributed by atoms with Gasteiger partial charge in [0, 0.05) is 25.3 Å². The molecule has 6 nitrogen and oxygen atoms in total. The van der Waals surface area contributed by atoms with E-state index in [0.29, 0.717) is 19.0 Å². The summed E-state index contributed by atoms with van der Waals surface area (Å²) in [4.78, 5) is -0.114. The smallest absolute Gasteiger partial charge is 0.246 e. The van der Waals surface area contributed by atoms with Crippen molar-refractivity contribution in [2.45, 2.75) is 38.1 Å². The average Bonchev–Trinajstić information content (AvgIpc) is 2.92. The van der Waals surface area contributed by atoms with E-state index in [0.717, 1.165) is 36.8 Å². The van der Waals surface area contributed by atoms with Crippen molar-refractivity contribution in [3.05, 3.63) is 41.5 Å². The molecule has 1 aromatic carbocycles. The van der Waals surface area contributed by atoms with E-state index in [2.05, 4.69) is 5.10 Å². The van der Waals surface area contributed by atoms with E-state index in [1.165, 1.54) is 23.5 Å². The van der Waals surface area contributed by atoms with Crippen molar-refractivity contribution in [2.75, 3.05) is 20.2 Å². The summed E-state index contributed by atoms with van der Waals surface area (Å²) in [6.07, 6.45) is 1.49. The number of piperidine rings is 1. The molecule has 2 heterocycles. The number of aryl methyl sites for hydroxylation is 2. The zero-order valence-electron chi connectivity index (χ0n) is 15.3. The summed E-state index contributed by atoms with van der Waals surface area (Å²) in [6, 6.07) is 5.60. The highest BCUT2D eigenvalue weighted by Crippen LogP contribution is 2.30. The molecule has 1 aromatic heterocycles. The van der Waals surface area contributed by atoms with Gasteiger partial charge in [-0.15, -0.1) is 0 Å². The molecule has 0 radical (unpaired) electrons. The van der Waals surface area contributed by atoms with Crippen LogP contribution in [0.3, 0.4) is 0 Å². The standard InChI is InChI=1S/C18H24FN3O3S/c1-13-10-14(2)22(20-13)12-15-6-8-21(9-7-15)26(23,24)18-11-16(19)4-5-17(18)25-3/h4-5,10-11,15H,6-9,12H2,1-3H3. The van der Waals surface area contributed by atoms with E-state index >= 15 is 0 Å². The first kappa shape index (κ1) is 18.8. The molecule has 0 aliphatic carbocycles. The summed E-state index contributed by atoms with van der Waals surface area (Å²) in [6.45, 7) is 5.59. The molecule has 3 rings (SSSR count). The van der Waals surface area contributed by atoms with Gasteiger partial charge in [0.2, 0.25) is 10.0 Å². The molecule has 0 N–H and O–H groups in total. The van der Waals surface area contributed by atoms with Gasteiger partial charge in [0.25, 0.3) is 0 Å². The van der Waals surface area contributed by atoms with Crippen LogP contribution in [0.2, 0.25) is 0 Å². The molecule has 0 unspecified atom stereocenters. The van der Waals surface area contributed by atoms with Crippen LogP contribution >= 0.6 is 0 Å². The lowest BCUT2D eigenvalue weighted by Crippen LogP contribution is -2.39. The zero-order chi connectivity index (χ0) is 18.9. The Bertz CT molecular complexity index is 887. The molecule has 0 saturated carbocycles. The van der Waals surface area contributed by atoms with E-state index in [-0.39, 0.29) is 10.6 Å². The summed E-state index contributed by atoms with van der Waals surface area (Å²) in [5, 5.41) is 4.48. The summed E-state index contributed by atoms with van der Waals surface area (Å²) in [5.41, 5.74) is 2.10. The van der Waals surface area contributed by atoms with Crippen molar-refractivity contribution in [2.24, 2.45) is 5.92 Å². The van der Waals surface area contributed by atoms with Crippen LogP contribution in [-0.2, 0) is 16.6 Å². The maximum atomic E-state index is 13.6. The number of aromatic nitrogens is 2. The van der Waals surface area contributed by atoms with Crippen molar-refractivity contribution >= 4 is 10.0 Å². The van der Waals surface area contributed by atoms with Crippen LogP contribution in [0, 0.1) is 25.6 Å². The summed E-state index contributed by atoms with van der Waals surface area (Å²) >= 11 is 0. The Morgan fingerprint density at radius 3 is 2.50 bits per heavy atom. The number of ether oxygens (including phenoxy) is 1. The van der Waals surface area contributed by atoms with Crippen LogP contribution in [0.15, 0.2) is 29.2 Å². The Balaban J connectivity index is 1.71. The molecule has 1 aliphatic heterocycles. The third kappa shape index (κ3) is 3.76. The van der Waals surface area contributed by atoms with Crippen LogP contribution in [0.4, 0.5) is 4.39 Å². The first-order valence-corrected chi connectivity index (χ1v) is 10.1. The van der Waals surface area contributed by atoms with Gasteiger partial charge in [0.05, 0.1) is 12.8 Å². The SMILES string of the molecule is COc1ccc(F)cc1S(=O)(=O)N1CCC(Cn2nc(C)cc2C)CC1. The van der Waals surface area contributed by atoms with Crippen molar-refractivity contribution < 1.29 is 17.5 Å². The van der Waals surface area contributed by atoms with Crippen molar-refractivity contribution in [1.82, 2.24) is 14.1 Å². The molecular formula is C18H24FN3O3S. The van der Waals surface area contributed by atoms with Gasteiger partial charge >= 0.3 is 0 Å². The molecule has 0 spiro atoms. The summed E-state index contributed by atoms with van der Waals surface area (Å²) in [7, 11) is -2.40. The largest absolute Gasteiger partial charge is 0.495 e. The first-order valence-electron chi connectivity index (χ1n) is 8.66. The van der Waals surface area contributed by atoms with Crippen molar-refractivity contribution in [1.29, 1.82) is 0 Å². The van der Waals surface area contributed by atoms with Gasteiger partial charge in [-0.3, -0.25) is 4.68 Å². The third-order valence-corrected chi connectivity index (χ3v) is 6.77. The van der Waals surface area contributed by atoms with Crippen LogP contribution in [0.1, 0.15) is 24.2 Å². The molecule has 1 fully saturated rings. The van der Waals surface area contributed by atoms with Gasteiger partial charge in [-0.05, 0) is 56.9 Å². The van der Waals surface area contributed by atoms with Crippen LogP contribution < -0.4 is 4.74 Å². The minimum atomic E-state index is -3.78. The van der Waals surface area contributed by atoms with E-state index < -0.39 is 15.8 Å². The Morgan fingerprint density at radius 1 is 1.23 bits per heavy atom.